The Labute approximate surface area is 166 Å². The second-order valence-electron chi connectivity index (χ2n) is 7.86. The van der Waals surface area contributed by atoms with Crippen LogP contribution < -0.4 is 4.74 Å². The summed E-state index contributed by atoms with van der Waals surface area (Å²) in [6.45, 7) is 8.02. The van der Waals surface area contributed by atoms with E-state index < -0.39 is 0 Å². The molecule has 0 aliphatic carbocycles. The Bertz CT molecular complexity index is 948. The second kappa shape index (κ2) is 8.33. The van der Waals surface area contributed by atoms with Gasteiger partial charge in [0.2, 0.25) is 0 Å². The van der Waals surface area contributed by atoms with Crippen molar-refractivity contribution in [1.29, 1.82) is 0 Å². The van der Waals surface area contributed by atoms with Crippen molar-refractivity contribution < 1.29 is 9.84 Å². The molecular weight excluding hydrogens is 350 g/mol. The molecule has 0 saturated heterocycles. The molecule has 0 saturated carbocycles. The molecule has 1 aliphatic heterocycles. The molecule has 5 nitrogen and oxygen atoms in total. The van der Waals surface area contributed by atoms with Crippen molar-refractivity contribution in [2.24, 2.45) is 0 Å². The van der Waals surface area contributed by atoms with Gasteiger partial charge >= 0.3 is 0 Å². The number of benzene rings is 2. The maximum absolute atomic E-state index is 9.06. The number of aromatic nitrogens is 2. The van der Waals surface area contributed by atoms with Crippen molar-refractivity contribution in [2.75, 3.05) is 19.7 Å². The van der Waals surface area contributed by atoms with E-state index in [1.807, 2.05) is 6.20 Å². The number of aliphatic hydroxyl groups excluding tert-OH is 1. The van der Waals surface area contributed by atoms with Gasteiger partial charge in [-0.2, -0.15) is 5.10 Å². The molecule has 0 atom stereocenters. The van der Waals surface area contributed by atoms with Crippen LogP contribution in [0.25, 0.3) is 10.9 Å². The standard InChI is InChI=1S/C23H29N3O2/c1-17(2)26-22-8-7-18(13-20(22)14-24-26)16-28-23-6-3-5-19-15-25(10-4-12-27)11-9-21(19)23/h3,5-8,13-14,17,27H,4,9-12,15-16H2,1-2H3. The molecule has 0 fully saturated rings. The fraction of sp³-hybridized carbons (Fsp3) is 0.435. The third-order valence-corrected chi connectivity index (χ3v) is 5.48. The van der Waals surface area contributed by atoms with Gasteiger partial charge in [0.1, 0.15) is 12.4 Å². The smallest absolute Gasteiger partial charge is 0.123 e. The molecule has 5 heteroatoms. The fourth-order valence-electron chi connectivity index (χ4n) is 4.02. The van der Waals surface area contributed by atoms with E-state index in [-0.39, 0.29) is 6.61 Å². The van der Waals surface area contributed by atoms with E-state index in [1.54, 1.807) is 0 Å². The van der Waals surface area contributed by atoms with Crippen LogP contribution in [0, 0.1) is 0 Å². The third-order valence-electron chi connectivity index (χ3n) is 5.48. The average molecular weight is 380 g/mol. The van der Waals surface area contributed by atoms with Crippen LogP contribution in [0.2, 0.25) is 0 Å². The molecule has 1 aliphatic rings. The average Bonchev–Trinajstić information content (AvgIpc) is 3.14. The molecule has 1 aromatic heterocycles. The lowest BCUT2D eigenvalue weighted by molar-refractivity contribution is 0.209. The van der Waals surface area contributed by atoms with Crippen LogP contribution in [-0.2, 0) is 19.6 Å². The molecule has 0 unspecified atom stereocenters. The lowest BCUT2D eigenvalue weighted by Crippen LogP contribution is -2.32. The molecule has 0 bridgehead atoms. The Morgan fingerprint density at radius 1 is 1.21 bits per heavy atom. The summed E-state index contributed by atoms with van der Waals surface area (Å²) < 4.78 is 8.28. The first-order chi connectivity index (χ1) is 13.7. The van der Waals surface area contributed by atoms with Crippen molar-refractivity contribution in [3.05, 3.63) is 59.3 Å². The zero-order chi connectivity index (χ0) is 19.5. The predicted molar refractivity (Wildman–Crippen MR) is 112 cm³/mol. The largest absolute Gasteiger partial charge is 0.489 e. The van der Waals surface area contributed by atoms with Gasteiger partial charge < -0.3 is 9.84 Å². The zero-order valence-electron chi connectivity index (χ0n) is 16.8. The van der Waals surface area contributed by atoms with Crippen LogP contribution in [0.15, 0.2) is 42.6 Å². The highest BCUT2D eigenvalue weighted by Gasteiger charge is 2.19. The lowest BCUT2D eigenvalue weighted by atomic mass is 9.98. The molecule has 2 aromatic carbocycles. The van der Waals surface area contributed by atoms with Crippen LogP contribution in [0.1, 0.15) is 43.0 Å². The Morgan fingerprint density at radius 3 is 2.93 bits per heavy atom. The minimum Gasteiger partial charge on any atom is -0.489 e. The SMILES string of the molecule is CC(C)n1ncc2cc(COc3cccc4c3CCN(CCCO)C4)ccc21. The van der Waals surface area contributed by atoms with Gasteiger partial charge in [0.15, 0.2) is 0 Å². The van der Waals surface area contributed by atoms with Crippen molar-refractivity contribution in [1.82, 2.24) is 14.7 Å². The van der Waals surface area contributed by atoms with E-state index in [0.29, 0.717) is 12.6 Å². The van der Waals surface area contributed by atoms with E-state index in [4.69, 9.17) is 9.84 Å². The summed E-state index contributed by atoms with van der Waals surface area (Å²) in [5, 5.41) is 14.7. The highest BCUT2D eigenvalue weighted by Crippen LogP contribution is 2.29. The van der Waals surface area contributed by atoms with Crippen LogP contribution in [-0.4, -0.2) is 39.5 Å². The van der Waals surface area contributed by atoms with Gasteiger partial charge in [-0.15, -0.1) is 0 Å². The summed E-state index contributed by atoms with van der Waals surface area (Å²) in [6, 6.07) is 13.2. The van der Waals surface area contributed by atoms with E-state index in [9.17, 15) is 0 Å². The zero-order valence-corrected chi connectivity index (χ0v) is 16.8. The predicted octanol–water partition coefficient (Wildman–Crippen LogP) is 3.94. The Balaban J connectivity index is 1.46. The number of hydrogen-bond donors (Lipinski definition) is 1. The van der Waals surface area contributed by atoms with Gasteiger partial charge in [-0.05, 0) is 61.6 Å². The van der Waals surface area contributed by atoms with Crippen molar-refractivity contribution in [2.45, 2.75) is 45.9 Å². The number of fused-ring (bicyclic) bond motifs is 2. The maximum atomic E-state index is 9.06. The third kappa shape index (κ3) is 3.91. The van der Waals surface area contributed by atoms with Crippen LogP contribution in [0.5, 0.6) is 5.75 Å². The van der Waals surface area contributed by atoms with Gasteiger partial charge in [-0.1, -0.05) is 18.2 Å². The van der Waals surface area contributed by atoms with Gasteiger partial charge in [0.25, 0.3) is 0 Å². The minimum absolute atomic E-state index is 0.257. The molecule has 4 rings (SSSR count). The number of ether oxygens (including phenoxy) is 1. The number of aliphatic hydroxyl groups is 1. The number of rotatable bonds is 7. The molecule has 3 aromatic rings. The lowest BCUT2D eigenvalue weighted by Gasteiger charge is -2.29. The van der Waals surface area contributed by atoms with Gasteiger partial charge in [-0.3, -0.25) is 9.58 Å². The van der Waals surface area contributed by atoms with Crippen LogP contribution >= 0.6 is 0 Å². The minimum atomic E-state index is 0.257. The van der Waals surface area contributed by atoms with E-state index in [0.717, 1.165) is 49.2 Å². The van der Waals surface area contributed by atoms with Gasteiger partial charge in [0, 0.05) is 37.7 Å². The van der Waals surface area contributed by atoms with E-state index in [2.05, 4.69) is 64.9 Å². The highest BCUT2D eigenvalue weighted by atomic mass is 16.5. The van der Waals surface area contributed by atoms with Gasteiger partial charge in [0.05, 0.1) is 11.7 Å². The monoisotopic (exact) mass is 379 g/mol. The fourth-order valence-corrected chi connectivity index (χ4v) is 4.02. The summed E-state index contributed by atoms with van der Waals surface area (Å²) in [7, 11) is 0. The maximum Gasteiger partial charge on any atom is 0.123 e. The van der Waals surface area contributed by atoms with Crippen LogP contribution in [0.3, 0.4) is 0 Å². The molecule has 0 radical (unpaired) electrons. The summed E-state index contributed by atoms with van der Waals surface area (Å²) in [5.74, 6) is 0.997. The Hall–Kier alpha value is -2.37. The Morgan fingerprint density at radius 2 is 2.11 bits per heavy atom. The first-order valence-electron chi connectivity index (χ1n) is 10.2. The number of hydrogen-bond acceptors (Lipinski definition) is 4. The summed E-state index contributed by atoms with van der Waals surface area (Å²) in [6.07, 6.45) is 3.77. The molecule has 0 spiro atoms. The first kappa shape index (κ1) is 19.0. The molecule has 28 heavy (non-hydrogen) atoms. The molecular formula is C23H29N3O2. The molecule has 2 heterocycles. The highest BCUT2D eigenvalue weighted by molar-refractivity contribution is 5.79. The molecule has 1 N–H and O–H groups in total. The summed E-state index contributed by atoms with van der Waals surface area (Å²) in [4.78, 5) is 2.41. The first-order valence-corrected chi connectivity index (χ1v) is 10.2. The summed E-state index contributed by atoms with van der Waals surface area (Å²) in [5.41, 5.74) is 5.00. The van der Waals surface area contributed by atoms with Crippen molar-refractivity contribution in [3.63, 3.8) is 0 Å². The second-order valence-corrected chi connectivity index (χ2v) is 7.86. The van der Waals surface area contributed by atoms with Crippen molar-refractivity contribution >= 4 is 10.9 Å². The normalized spacial score (nSPS) is 14.6. The summed E-state index contributed by atoms with van der Waals surface area (Å²) >= 11 is 0. The Kier molecular flexibility index (Phi) is 5.64. The molecule has 148 valence electrons. The van der Waals surface area contributed by atoms with Gasteiger partial charge in [-0.25, -0.2) is 0 Å². The van der Waals surface area contributed by atoms with Crippen LogP contribution in [0.4, 0.5) is 0 Å². The van der Waals surface area contributed by atoms with E-state index >= 15 is 0 Å². The topological polar surface area (TPSA) is 50.5 Å². The van der Waals surface area contributed by atoms with Crippen molar-refractivity contribution in [3.8, 4) is 5.75 Å². The van der Waals surface area contributed by atoms with E-state index in [1.165, 1.54) is 16.6 Å². The quantitative estimate of drug-likeness (QED) is 0.676. The molecule has 0 amide bonds. The number of nitrogens with zero attached hydrogens (tertiary/aromatic N) is 3.